The molecule has 3 rings (SSSR count). The van der Waals surface area contributed by atoms with Crippen molar-refractivity contribution in [1.29, 1.82) is 0 Å². The Morgan fingerprint density at radius 1 is 1.43 bits per heavy atom. The van der Waals surface area contributed by atoms with E-state index in [1.807, 2.05) is 17.7 Å². The lowest BCUT2D eigenvalue weighted by molar-refractivity contribution is 0.0794. The number of carbonyl (C=O) groups excluding carboxylic acids is 1. The molecule has 0 radical (unpaired) electrons. The van der Waals surface area contributed by atoms with Crippen molar-refractivity contribution in [3.05, 3.63) is 47.5 Å². The number of amides is 1. The molecule has 6 nitrogen and oxygen atoms in total. The Labute approximate surface area is 135 Å². The van der Waals surface area contributed by atoms with Crippen LogP contribution >= 0.6 is 0 Å². The van der Waals surface area contributed by atoms with E-state index in [1.54, 1.807) is 24.5 Å². The second kappa shape index (κ2) is 6.91. The Balaban J connectivity index is 1.66. The van der Waals surface area contributed by atoms with Crippen molar-refractivity contribution < 1.29 is 9.53 Å². The zero-order valence-electron chi connectivity index (χ0n) is 13.5. The summed E-state index contributed by atoms with van der Waals surface area (Å²) in [5.74, 6) is 0.183. The number of aryl methyl sites for hydroxylation is 2. The van der Waals surface area contributed by atoms with Gasteiger partial charge >= 0.3 is 0 Å². The first-order chi connectivity index (χ1) is 11.2. The van der Waals surface area contributed by atoms with E-state index in [2.05, 4.69) is 22.3 Å². The van der Waals surface area contributed by atoms with Crippen molar-refractivity contribution in [3.8, 4) is 0 Å². The minimum absolute atomic E-state index is 0.00672. The maximum absolute atomic E-state index is 12.3. The maximum atomic E-state index is 12.3. The largest absolute Gasteiger partial charge is 0.372 e. The molecule has 1 aliphatic rings. The lowest BCUT2D eigenvalue weighted by Gasteiger charge is -2.20. The molecule has 0 unspecified atom stereocenters. The highest BCUT2D eigenvalue weighted by atomic mass is 16.5. The molecular weight excluding hydrogens is 292 g/mol. The predicted molar refractivity (Wildman–Crippen MR) is 86.0 cm³/mol. The number of nitrogens with one attached hydrogen (secondary N) is 1. The number of ether oxygens (including phenoxy) is 1. The van der Waals surface area contributed by atoms with Crippen molar-refractivity contribution in [2.24, 2.45) is 5.92 Å². The summed E-state index contributed by atoms with van der Waals surface area (Å²) in [6.07, 6.45) is 4.42. The first-order valence-electron chi connectivity index (χ1n) is 8.03. The van der Waals surface area contributed by atoms with E-state index < -0.39 is 0 Å². The summed E-state index contributed by atoms with van der Waals surface area (Å²) >= 11 is 0. The summed E-state index contributed by atoms with van der Waals surface area (Å²) in [5, 5.41) is 7.33. The zero-order valence-corrected chi connectivity index (χ0v) is 13.5. The SMILES string of the molecule is CCn1nccc1[C@@H]1OCC[C@H]1CNC(=O)c1cccnc1C. The summed E-state index contributed by atoms with van der Waals surface area (Å²) in [6.45, 7) is 6.03. The van der Waals surface area contributed by atoms with Crippen LogP contribution in [0.25, 0.3) is 0 Å². The Hall–Kier alpha value is -2.21. The van der Waals surface area contributed by atoms with Crippen LogP contribution in [0.15, 0.2) is 30.6 Å². The number of hydrogen-bond donors (Lipinski definition) is 1. The van der Waals surface area contributed by atoms with Crippen LogP contribution < -0.4 is 5.32 Å². The van der Waals surface area contributed by atoms with Gasteiger partial charge in [-0.15, -0.1) is 0 Å². The van der Waals surface area contributed by atoms with Gasteiger partial charge in [-0.3, -0.25) is 14.5 Å². The fourth-order valence-corrected chi connectivity index (χ4v) is 3.06. The molecule has 2 aromatic rings. The molecule has 0 aliphatic carbocycles. The highest BCUT2D eigenvalue weighted by molar-refractivity contribution is 5.95. The van der Waals surface area contributed by atoms with Crippen molar-refractivity contribution >= 4 is 5.91 Å². The van der Waals surface area contributed by atoms with E-state index in [0.29, 0.717) is 18.7 Å². The van der Waals surface area contributed by atoms with Gasteiger partial charge in [0.15, 0.2) is 0 Å². The van der Waals surface area contributed by atoms with E-state index in [4.69, 9.17) is 4.74 Å². The third kappa shape index (κ3) is 3.27. The average Bonchev–Trinajstić information content (AvgIpc) is 3.21. The lowest BCUT2D eigenvalue weighted by atomic mass is 9.98. The van der Waals surface area contributed by atoms with Gasteiger partial charge in [0.1, 0.15) is 6.10 Å². The molecule has 1 amide bonds. The summed E-state index contributed by atoms with van der Waals surface area (Å²) in [5.41, 5.74) is 2.46. The molecule has 6 heteroatoms. The van der Waals surface area contributed by atoms with Gasteiger partial charge in [-0.25, -0.2) is 0 Å². The highest BCUT2D eigenvalue weighted by Gasteiger charge is 2.32. The van der Waals surface area contributed by atoms with Crippen LogP contribution in [0.3, 0.4) is 0 Å². The van der Waals surface area contributed by atoms with Crippen molar-refractivity contribution in [1.82, 2.24) is 20.1 Å². The van der Waals surface area contributed by atoms with Crippen LogP contribution in [0, 0.1) is 12.8 Å². The van der Waals surface area contributed by atoms with Crippen LogP contribution in [-0.4, -0.2) is 33.8 Å². The van der Waals surface area contributed by atoms with Crippen LogP contribution in [0.4, 0.5) is 0 Å². The van der Waals surface area contributed by atoms with Crippen LogP contribution in [0.2, 0.25) is 0 Å². The fourth-order valence-electron chi connectivity index (χ4n) is 3.06. The number of carbonyl (C=O) groups is 1. The molecule has 0 aromatic carbocycles. The second-order valence-electron chi connectivity index (χ2n) is 5.76. The van der Waals surface area contributed by atoms with Gasteiger partial charge in [-0.1, -0.05) is 0 Å². The Morgan fingerprint density at radius 2 is 2.30 bits per heavy atom. The minimum atomic E-state index is -0.0785. The molecule has 2 aromatic heterocycles. The summed E-state index contributed by atoms with van der Waals surface area (Å²) in [6, 6.07) is 5.58. The number of rotatable bonds is 5. The van der Waals surface area contributed by atoms with E-state index >= 15 is 0 Å². The van der Waals surface area contributed by atoms with Gasteiger partial charge in [0.25, 0.3) is 5.91 Å². The Bertz CT molecular complexity index is 683. The molecule has 0 saturated carbocycles. The molecule has 122 valence electrons. The summed E-state index contributed by atoms with van der Waals surface area (Å²) in [4.78, 5) is 16.5. The Morgan fingerprint density at radius 3 is 3.09 bits per heavy atom. The predicted octanol–water partition coefficient (Wildman–Crippen LogP) is 2.11. The minimum Gasteiger partial charge on any atom is -0.372 e. The lowest BCUT2D eigenvalue weighted by Crippen LogP contribution is -2.31. The smallest absolute Gasteiger partial charge is 0.253 e. The first-order valence-corrected chi connectivity index (χ1v) is 8.03. The molecule has 0 spiro atoms. The maximum Gasteiger partial charge on any atom is 0.253 e. The molecule has 23 heavy (non-hydrogen) atoms. The van der Waals surface area contributed by atoms with Gasteiger partial charge in [-0.2, -0.15) is 5.10 Å². The van der Waals surface area contributed by atoms with Gasteiger partial charge in [-0.05, 0) is 38.5 Å². The van der Waals surface area contributed by atoms with Gasteiger partial charge in [0.05, 0.1) is 11.3 Å². The Kier molecular flexibility index (Phi) is 4.71. The normalized spacial score (nSPS) is 20.6. The van der Waals surface area contributed by atoms with Crippen molar-refractivity contribution in [2.45, 2.75) is 32.9 Å². The third-order valence-corrected chi connectivity index (χ3v) is 4.33. The van der Waals surface area contributed by atoms with E-state index in [0.717, 1.165) is 24.4 Å². The number of hydrogen-bond acceptors (Lipinski definition) is 4. The number of aromatic nitrogens is 3. The molecule has 2 atom stereocenters. The monoisotopic (exact) mass is 314 g/mol. The van der Waals surface area contributed by atoms with Crippen LogP contribution in [0.5, 0.6) is 0 Å². The fraction of sp³-hybridized carbons (Fsp3) is 0.471. The third-order valence-electron chi connectivity index (χ3n) is 4.33. The standard InChI is InChI=1S/C17H22N4O2/c1-3-21-15(6-9-20-21)16-13(7-10-23-16)11-19-17(22)14-5-4-8-18-12(14)2/h4-6,8-9,13,16H,3,7,10-11H2,1-2H3,(H,19,22)/t13-,16+/m0/s1. The van der Waals surface area contributed by atoms with E-state index in [9.17, 15) is 4.79 Å². The van der Waals surface area contributed by atoms with E-state index in [-0.39, 0.29) is 17.9 Å². The molecule has 3 heterocycles. The molecular formula is C17H22N4O2. The molecule has 1 aliphatic heterocycles. The number of nitrogens with zero attached hydrogens (tertiary/aromatic N) is 3. The molecule has 1 fully saturated rings. The number of pyridine rings is 1. The summed E-state index contributed by atoms with van der Waals surface area (Å²) in [7, 11) is 0. The molecule has 1 N–H and O–H groups in total. The molecule has 1 saturated heterocycles. The quantitative estimate of drug-likeness (QED) is 0.918. The van der Waals surface area contributed by atoms with Gasteiger partial charge in [0, 0.05) is 43.7 Å². The second-order valence-corrected chi connectivity index (χ2v) is 5.76. The van der Waals surface area contributed by atoms with Crippen LogP contribution in [0.1, 0.15) is 41.2 Å². The van der Waals surface area contributed by atoms with Gasteiger partial charge in [0.2, 0.25) is 0 Å². The van der Waals surface area contributed by atoms with Crippen molar-refractivity contribution in [3.63, 3.8) is 0 Å². The topological polar surface area (TPSA) is 69.0 Å². The average molecular weight is 314 g/mol. The highest BCUT2D eigenvalue weighted by Crippen LogP contribution is 2.34. The van der Waals surface area contributed by atoms with Gasteiger partial charge < -0.3 is 10.1 Å². The van der Waals surface area contributed by atoms with Crippen LogP contribution in [-0.2, 0) is 11.3 Å². The van der Waals surface area contributed by atoms with Crippen molar-refractivity contribution in [2.75, 3.05) is 13.2 Å². The summed E-state index contributed by atoms with van der Waals surface area (Å²) < 4.78 is 7.84. The zero-order chi connectivity index (χ0) is 16.2. The van der Waals surface area contributed by atoms with E-state index in [1.165, 1.54) is 0 Å². The molecule has 0 bridgehead atoms. The first kappa shape index (κ1) is 15.7.